The highest BCUT2D eigenvalue weighted by atomic mass is 35.5. The molecule has 0 spiro atoms. The van der Waals surface area contributed by atoms with Crippen molar-refractivity contribution in [2.75, 3.05) is 6.54 Å². The average molecular weight is 354 g/mol. The number of hydrogen-bond acceptors (Lipinski definition) is 3. The average Bonchev–Trinajstić information content (AvgIpc) is 2.52. The van der Waals surface area contributed by atoms with Crippen molar-refractivity contribution < 1.29 is 9.18 Å². The Morgan fingerprint density at radius 2 is 2.12 bits per heavy atom. The Labute approximate surface area is 145 Å². The van der Waals surface area contributed by atoms with Crippen LogP contribution in [0.2, 0.25) is 0 Å². The first kappa shape index (κ1) is 18.4. The molecule has 1 aromatic heterocycles. The monoisotopic (exact) mass is 353 g/mol. The first-order valence-electron chi connectivity index (χ1n) is 7.86. The Bertz CT molecular complexity index is 806. The van der Waals surface area contributed by atoms with Crippen molar-refractivity contribution in [2.24, 2.45) is 5.73 Å². The van der Waals surface area contributed by atoms with Crippen molar-refractivity contribution >= 4 is 29.2 Å². The van der Waals surface area contributed by atoms with Crippen molar-refractivity contribution in [2.45, 2.75) is 38.3 Å². The van der Waals surface area contributed by atoms with Crippen LogP contribution in [0, 0.1) is 5.82 Å². The maximum Gasteiger partial charge on any atom is 0.255 e. The largest absolute Gasteiger partial charge is 0.334 e. The Kier molecular flexibility index (Phi) is 5.62. The fraction of sp³-hybridized carbons (Fsp3) is 0.412. The zero-order valence-corrected chi connectivity index (χ0v) is 14.2. The second-order valence-electron chi connectivity index (χ2n) is 6.16. The third-order valence-corrected chi connectivity index (χ3v) is 4.45. The molecule has 3 N–H and O–H groups in total. The Morgan fingerprint density at radius 1 is 1.38 bits per heavy atom. The summed E-state index contributed by atoms with van der Waals surface area (Å²) < 4.78 is 13.4. The second-order valence-corrected chi connectivity index (χ2v) is 6.16. The number of carbonyl (C=O) groups is 1. The summed E-state index contributed by atoms with van der Waals surface area (Å²) in [5.41, 5.74) is 6.24. The number of nitrogens with two attached hydrogens (primary N) is 1. The van der Waals surface area contributed by atoms with Crippen LogP contribution in [-0.4, -0.2) is 34.4 Å². The van der Waals surface area contributed by atoms with E-state index in [1.165, 1.54) is 24.3 Å². The molecule has 2 atom stereocenters. The van der Waals surface area contributed by atoms with Crippen LogP contribution in [0.25, 0.3) is 10.9 Å². The summed E-state index contributed by atoms with van der Waals surface area (Å²) in [4.78, 5) is 29.2. The number of H-pyrrole nitrogens is 1. The van der Waals surface area contributed by atoms with E-state index in [4.69, 9.17) is 5.73 Å². The molecule has 3 rings (SSSR count). The molecule has 0 bridgehead atoms. The number of benzene rings is 1. The molecule has 130 valence electrons. The topological polar surface area (TPSA) is 79.2 Å². The van der Waals surface area contributed by atoms with Crippen molar-refractivity contribution in [1.29, 1.82) is 0 Å². The molecule has 1 aliphatic rings. The fourth-order valence-corrected chi connectivity index (χ4v) is 3.32. The molecular weight excluding hydrogens is 333 g/mol. The fourth-order valence-electron chi connectivity index (χ4n) is 3.32. The number of carbonyl (C=O) groups excluding carboxylic acids is 1. The van der Waals surface area contributed by atoms with Crippen LogP contribution >= 0.6 is 12.4 Å². The number of rotatable bonds is 2. The molecule has 1 saturated heterocycles. The summed E-state index contributed by atoms with van der Waals surface area (Å²) in [5, 5.41) is 0.546. The Balaban J connectivity index is 0.00000208. The standard InChI is InChI=1S/C17H20FN3O2.ClH/c1-10(19)15-4-2-3-7-21(15)17(23)13-9-16(22)20-14-8-11(18)5-6-12(13)14;/h5-6,8-10,15H,2-4,7,19H2,1H3,(H,20,22);1H. The molecule has 5 nitrogen and oxygen atoms in total. The van der Waals surface area contributed by atoms with Gasteiger partial charge in [0, 0.05) is 30.1 Å². The van der Waals surface area contributed by atoms with Crippen molar-refractivity contribution in [3.63, 3.8) is 0 Å². The highest BCUT2D eigenvalue weighted by molar-refractivity contribution is 6.06. The Hall–Kier alpha value is -1.92. The molecule has 2 aromatic rings. The number of aromatic nitrogens is 1. The normalized spacial score (nSPS) is 19.0. The minimum atomic E-state index is -0.454. The summed E-state index contributed by atoms with van der Waals surface area (Å²) in [6.45, 7) is 2.52. The minimum absolute atomic E-state index is 0. The van der Waals surface area contributed by atoms with Crippen LogP contribution in [0.15, 0.2) is 29.1 Å². The van der Waals surface area contributed by atoms with Gasteiger partial charge in [-0.25, -0.2) is 4.39 Å². The number of likely N-dealkylation sites (tertiary alicyclic amines) is 1. The molecule has 2 heterocycles. The first-order valence-corrected chi connectivity index (χ1v) is 7.86. The maximum absolute atomic E-state index is 13.4. The van der Waals surface area contributed by atoms with Gasteiger partial charge in [-0.1, -0.05) is 0 Å². The highest BCUT2D eigenvalue weighted by Gasteiger charge is 2.30. The van der Waals surface area contributed by atoms with Crippen LogP contribution in [0.3, 0.4) is 0 Å². The van der Waals surface area contributed by atoms with E-state index in [0.717, 1.165) is 19.3 Å². The molecule has 1 amide bonds. The number of nitrogens with one attached hydrogen (secondary N) is 1. The Morgan fingerprint density at radius 3 is 2.83 bits per heavy atom. The van der Waals surface area contributed by atoms with Gasteiger partial charge < -0.3 is 15.6 Å². The summed E-state index contributed by atoms with van der Waals surface area (Å²) >= 11 is 0. The van der Waals surface area contributed by atoms with Crippen LogP contribution < -0.4 is 11.3 Å². The van der Waals surface area contributed by atoms with Gasteiger partial charge in [0.25, 0.3) is 5.91 Å². The van der Waals surface area contributed by atoms with Gasteiger partial charge in [0.05, 0.1) is 11.1 Å². The van der Waals surface area contributed by atoms with Crippen molar-refractivity contribution in [3.8, 4) is 0 Å². The highest BCUT2D eigenvalue weighted by Crippen LogP contribution is 2.24. The number of pyridine rings is 1. The zero-order chi connectivity index (χ0) is 16.6. The number of fused-ring (bicyclic) bond motifs is 1. The van der Waals surface area contributed by atoms with Crippen LogP contribution in [0.1, 0.15) is 36.5 Å². The van der Waals surface area contributed by atoms with E-state index in [2.05, 4.69) is 4.98 Å². The van der Waals surface area contributed by atoms with E-state index in [9.17, 15) is 14.0 Å². The number of hydrogen-bond donors (Lipinski definition) is 2. The summed E-state index contributed by atoms with van der Waals surface area (Å²) in [6.07, 6.45) is 2.82. The van der Waals surface area contributed by atoms with Crippen LogP contribution in [0.5, 0.6) is 0 Å². The summed E-state index contributed by atoms with van der Waals surface area (Å²) in [5.74, 6) is -0.668. The van der Waals surface area contributed by atoms with E-state index in [-0.39, 0.29) is 30.4 Å². The van der Waals surface area contributed by atoms with Gasteiger partial charge in [-0.3, -0.25) is 9.59 Å². The minimum Gasteiger partial charge on any atom is -0.334 e. The third-order valence-electron chi connectivity index (χ3n) is 4.45. The number of halogens is 2. The molecule has 0 radical (unpaired) electrons. The molecule has 7 heteroatoms. The lowest BCUT2D eigenvalue weighted by Crippen LogP contribution is -2.51. The molecule has 0 saturated carbocycles. The quantitative estimate of drug-likeness (QED) is 0.870. The SMILES string of the molecule is CC(N)C1CCCCN1C(=O)c1cc(=O)[nH]c2cc(F)ccc12.Cl. The molecule has 1 fully saturated rings. The first-order chi connectivity index (χ1) is 11.0. The van der Waals surface area contributed by atoms with E-state index < -0.39 is 11.4 Å². The second kappa shape index (κ2) is 7.32. The van der Waals surface area contributed by atoms with Crippen LogP contribution in [-0.2, 0) is 0 Å². The zero-order valence-electron chi connectivity index (χ0n) is 13.4. The molecule has 0 aliphatic carbocycles. The number of piperidine rings is 1. The van der Waals surface area contributed by atoms with Gasteiger partial charge in [-0.2, -0.15) is 0 Å². The predicted octanol–water partition coefficient (Wildman–Crippen LogP) is 2.43. The predicted molar refractivity (Wildman–Crippen MR) is 94.1 cm³/mol. The molecule has 1 aromatic carbocycles. The lowest BCUT2D eigenvalue weighted by molar-refractivity contribution is 0.0585. The van der Waals surface area contributed by atoms with Gasteiger partial charge >= 0.3 is 0 Å². The summed E-state index contributed by atoms with van der Waals surface area (Å²) in [7, 11) is 0. The number of amides is 1. The molecule has 1 aliphatic heterocycles. The van der Waals surface area contributed by atoms with Gasteiger partial charge in [0.1, 0.15) is 5.82 Å². The number of nitrogens with zero attached hydrogens (tertiary/aromatic N) is 1. The van der Waals surface area contributed by atoms with Gasteiger partial charge in [-0.15, -0.1) is 12.4 Å². The lowest BCUT2D eigenvalue weighted by Gasteiger charge is -2.38. The molecular formula is C17H21ClFN3O2. The molecule has 2 unspecified atom stereocenters. The van der Waals surface area contributed by atoms with Gasteiger partial charge in [-0.05, 0) is 44.4 Å². The maximum atomic E-state index is 13.4. The molecule has 24 heavy (non-hydrogen) atoms. The lowest BCUT2D eigenvalue weighted by atomic mass is 9.95. The van der Waals surface area contributed by atoms with E-state index in [1.807, 2.05) is 6.92 Å². The van der Waals surface area contributed by atoms with Crippen molar-refractivity contribution in [3.05, 3.63) is 46.0 Å². The van der Waals surface area contributed by atoms with Gasteiger partial charge in [0.2, 0.25) is 5.56 Å². The number of aromatic amines is 1. The van der Waals surface area contributed by atoms with E-state index in [1.54, 1.807) is 4.90 Å². The van der Waals surface area contributed by atoms with Crippen LogP contribution in [0.4, 0.5) is 4.39 Å². The van der Waals surface area contributed by atoms with Crippen molar-refractivity contribution in [1.82, 2.24) is 9.88 Å². The van der Waals surface area contributed by atoms with E-state index >= 15 is 0 Å². The van der Waals surface area contributed by atoms with Gasteiger partial charge in [0.15, 0.2) is 0 Å². The third kappa shape index (κ3) is 3.44. The summed E-state index contributed by atoms with van der Waals surface area (Å²) in [6, 6.07) is 5.16. The smallest absolute Gasteiger partial charge is 0.255 e. The van der Waals surface area contributed by atoms with E-state index in [0.29, 0.717) is 23.0 Å².